The second-order valence-corrected chi connectivity index (χ2v) is 2.78. The van der Waals surface area contributed by atoms with Crippen molar-refractivity contribution in [1.82, 2.24) is 15.0 Å². The number of rotatable bonds is 1. The maximum absolute atomic E-state index is 11.2. The molecule has 0 saturated carbocycles. The zero-order valence-corrected chi connectivity index (χ0v) is 7.28. The van der Waals surface area contributed by atoms with Crippen molar-refractivity contribution in [3.05, 3.63) is 5.69 Å². The van der Waals surface area contributed by atoms with Crippen LogP contribution in [0.3, 0.4) is 0 Å². The predicted octanol–water partition coefficient (Wildman–Crippen LogP) is -0.120. The van der Waals surface area contributed by atoms with E-state index in [1.165, 1.54) is 7.11 Å². The fraction of sp³-hybridized carbons (Fsp3) is 0.571. The minimum atomic E-state index is -0.448. The average Bonchev–Trinajstić information content (AvgIpc) is 2.60. The Labute approximate surface area is 74.9 Å². The van der Waals surface area contributed by atoms with Crippen LogP contribution in [0.15, 0.2) is 0 Å². The van der Waals surface area contributed by atoms with E-state index in [9.17, 15) is 4.79 Å². The van der Waals surface area contributed by atoms with Gasteiger partial charge in [0.25, 0.3) is 0 Å². The van der Waals surface area contributed by atoms with Gasteiger partial charge in [-0.15, -0.1) is 5.10 Å². The molecule has 0 radical (unpaired) electrons. The van der Waals surface area contributed by atoms with Crippen LogP contribution >= 0.6 is 0 Å². The minimum absolute atomic E-state index is 0.266. The fourth-order valence-electron chi connectivity index (χ4n) is 1.31. The van der Waals surface area contributed by atoms with Crippen molar-refractivity contribution >= 4 is 11.8 Å². The number of ether oxygens (including phenoxy) is 1. The monoisotopic (exact) mass is 182 g/mol. The minimum Gasteiger partial charge on any atom is -0.464 e. The van der Waals surface area contributed by atoms with Crippen LogP contribution in [0.25, 0.3) is 0 Å². The summed E-state index contributed by atoms with van der Waals surface area (Å²) >= 11 is 0. The van der Waals surface area contributed by atoms with Gasteiger partial charge in [-0.05, 0) is 6.42 Å². The molecule has 1 aromatic rings. The molecule has 0 fully saturated rings. The molecule has 1 N–H and O–H groups in total. The number of carbonyl (C=O) groups excluding carboxylic acids is 1. The highest BCUT2D eigenvalue weighted by molar-refractivity contribution is 5.92. The lowest BCUT2D eigenvalue weighted by Gasteiger charge is -2.14. The maximum atomic E-state index is 11.2. The van der Waals surface area contributed by atoms with Crippen LogP contribution in [0.1, 0.15) is 16.9 Å². The van der Waals surface area contributed by atoms with Gasteiger partial charge in [-0.2, -0.15) is 0 Å². The van der Waals surface area contributed by atoms with E-state index in [0.29, 0.717) is 5.82 Å². The van der Waals surface area contributed by atoms with Crippen molar-refractivity contribution in [1.29, 1.82) is 0 Å². The fourth-order valence-corrected chi connectivity index (χ4v) is 1.31. The number of esters is 1. The molecule has 70 valence electrons. The molecule has 0 bridgehead atoms. The largest absolute Gasteiger partial charge is 0.464 e. The summed E-state index contributed by atoms with van der Waals surface area (Å²) in [6.07, 6.45) is 0.997. The number of aromatic nitrogens is 3. The molecule has 0 aliphatic carbocycles. The van der Waals surface area contributed by atoms with Crippen LogP contribution in [0.4, 0.5) is 5.82 Å². The van der Waals surface area contributed by atoms with Crippen LogP contribution in [0.2, 0.25) is 0 Å². The second kappa shape index (κ2) is 3.04. The normalized spacial score (nSPS) is 14.5. The predicted molar refractivity (Wildman–Crippen MR) is 44.5 cm³/mol. The lowest BCUT2D eigenvalue weighted by molar-refractivity contribution is 0.0595. The number of nitrogens with one attached hydrogen (secondary N) is 1. The Bertz CT molecular complexity index is 333. The zero-order valence-electron chi connectivity index (χ0n) is 7.28. The van der Waals surface area contributed by atoms with Crippen molar-refractivity contribution in [3.8, 4) is 0 Å². The SMILES string of the molecule is COC(=O)c1nnn2c1NCCC2. The van der Waals surface area contributed by atoms with E-state index in [2.05, 4.69) is 20.4 Å². The third-order valence-electron chi connectivity index (χ3n) is 1.95. The summed E-state index contributed by atoms with van der Waals surface area (Å²) in [7, 11) is 1.33. The van der Waals surface area contributed by atoms with Crippen molar-refractivity contribution in [2.24, 2.45) is 0 Å². The standard InChI is InChI=1S/C7H10N4O2/c1-13-7(12)5-6-8-3-2-4-11(6)10-9-5/h8H,2-4H2,1H3. The van der Waals surface area contributed by atoms with Gasteiger partial charge < -0.3 is 10.1 Å². The zero-order chi connectivity index (χ0) is 9.26. The summed E-state index contributed by atoms with van der Waals surface area (Å²) in [4.78, 5) is 11.2. The number of anilines is 1. The van der Waals surface area contributed by atoms with Gasteiger partial charge in [0.05, 0.1) is 7.11 Å². The third kappa shape index (κ3) is 1.24. The van der Waals surface area contributed by atoms with Gasteiger partial charge in [-0.1, -0.05) is 5.21 Å². The average molecular weight is 182 g/mol. The van der Waals surface area contributed by atoms with Crippen molar-refractivity contribution in [2.45, 2.75) is 13.0 Å². The van der Waals surface area contributed by atoms with Crippen molar-refractivity contribution < 1.29 is 9.53 Å². The van der Waals surface area contributed by atoms with Gasteiger partial charge >= 0.3 is 5.97 Å². The van der Waals surface area contributed by atoms with Gasteiger partial charge in [-0.25, -0.2) is 9.48 Å². The van der Waals surface area contributed by atoms with Crippen LogP contribution in [0, 0.1) is 0 Å². The third-order valence-corrected chi connectivity index (χ3v) is 1.95. The quantitative estimate of drug-likeness (QED) is 0.613. The molecular weight excluding hydrogens is 172 g/mol. The Kier molecular flexibility index (Phi) is 1.88. The van der Waals surface area contributed by atoms with Crippen LogP contribution in [-0.4, -0.2) is 34.6 Å². The Morgan fingerprint density at radius 2 is 2.54 bits per heavy atom. The van der Waals surface area contributed by atoms with E-state index in [1.807, 2.05) is 0 Å². The molecule has 6 nitrogen and oxygen atoms in total. The molecule has 6 heteroatoms. The number of nitrogens with zero attached hydrogens (tertiary/aromatic N) is 3. The van der Waals surface area contributed by atoms with Gasteiger partial charge in [0.2, 0.25) is 5.69 Å². The molecule has 0 amide bonds. The molecule has 1 aliphatic heterocycles. The molecule has 0 aromatic carbocycles. The van der Waals surface area contributed by atoms with Gasteiger partial charge in [-0.3, -0.25) is 0 Å². The van der Waals surface area contributed by atoms with Crippen LogP contribution in [-0.2, 0) is 11.3 Å². The highest BCUT2D eigenvalue weighted by Crippen LogP contribution is 2.16. The van der Waals surface area contributed by atoms with Crippen LogP contribution in [0.5, 0.6) is 0 Å². The molecule has 0 atom stereocenters. The second-order valence-electron chi connectivity index (χ2n) is 2.78. The number of carbonyl (C=O) groups is 1. The first-order valence-corrected chi connectivity index (χ1v) is 4.08. The molecule has 0 saturated heterocycles. The summed E-state index contributed by atoms with van der Waals surface area (Å²) in [6.45, 7) is 1.64. The van der Waals surface area contributed by atoms with E-state index in [-0.39, 0.29) is 5.69 Å². The van der Waals surface area contributed by atoms with E-state index in [1.54, 1.807) is 4.68 Å². The number of methoxy groups -OCH3 is 1. The number of hydrogen-bond acceptors (Lipinski definition) is 5. The van der Waals surface area contributed by atoms with Crippen molar-refractivity contribution in [3.63, 3.8) is 0 Å². The first-order valence-electron chi connectivity index (χ1n) is 4.08. The molecule has 1 aliphatic rings. The summed E-state index contributed by atoms with van der Waals surface area (Å²) in [5.41, 5.74) is 0.266. The van der Waals surface area contributed by atoms with Crippen LogP contribution < -0.4 is 5.32 Å². The maximum Gasteiger partial charge on any atom is 0.362 e. The molecule has 0 spiro atoms. The Morgan fingerprint density at radius 3 is 3.31 bits per heavy atom. The summed E-state index contributed by atoms with van der Waals surface area (Å²) < 4.78 is 6.24. The molecule has 13 heavy (non-hydrogen) atoms. The van der Waals surface area contributed by atoms with E-state index in [0.717, 1.165) is 19.5 Å². The highest BCUT2D eigenvalue weighted by Gasteiger charge is 2.21. The molecule has 1 aromatic heterocycles. The smallest absolute Gasteiger partial charge is 0.362 e. The molecular formula is C7H10N4O2. The van der Waals surface area contributed by atoms with Gasteiger partial charge in [0.1, 0.15) is 0 Å². The number of aryl methyl sites for hydroxylation is 1. The number of fused-ring (bicyclic) bond motifs is 1. The van der Waals surface area contributed by atoms with E-state index < -0.39 is 5.97 Å². The van der Waals surface area contributed by atoms with Crippen molar-refractivity contribution in [2.75, 3.05) is 19.0 Å². The first kappa shape index (κ1) is 8.03. The van der Waals surface area contributed by atoms with Gasteiger partial charge in [0, 0.05) is 13.1 Å². The Balaban J connectivity index is 2.36. The molecule has 0 unspecified atom stereocenters. The molecule has 2 rings (SSSR count). The molecule has 2 heterocycles. The summed E-state index contributed by atoms with van der Waals surface area (Å²) in [5.74, 6) is 0.216. The van der Waals surface area contributed by atoms with E-state index >= 15 is 0 Å². The Hall–Kier alpha value is -1.59. The lowest BCUT2D eigenvalue weighted by Crippen LogP contribution is -2.19. The number of hydrogen-bond donors (Lipinski definition) is 1. The Morgan fingerprint density at radius 1 is 1.69 bits per heavy atom. The summed E-state index contributed by atoms with van der Waals surface area (Å²) in [5, 5.41) is 10.6. The first-order chi connectivity index (χ1) is 6.33. The summed E-state index contributed by atoms with van der Waals surface area (Å²) in [6, 6.07) is 0. The van der Waals surface area contributed by atoms with Gasteiger partial charge in [0.15, 0.2) is 5.82 Å². The van der Waals surface area contributed by atoms with E-state index in [4.69, 9.17) is 0 Å². The highest BCUT2D eigenvalue weighted by atomic mass is 16.5. The lowest BCUT2D eigenvalue weighted by atomic mass is 10.3. The topological polar surface area (TPSA) is 69.0 Å².